The average molecular weight is 299 g/mol. The van der Waals surface area contributed by atoms with Crippen LogP contribution >= 0.6 is 0 Å². The zero-order valence-electron chi connectivity index (χ0n) is 13.5. The van der Waals surface area contributed by atoms with E-state index < -0.39 is 0 Å². The van der Waals surface area contributed by atoms with Gasteiger partial charge in [0, 0.05) is 32.6 Å². The first-order chi connectivity index (χ1) is 10.8. The van der Waals surface area contributed by atoms with Crippen molar-refractivity contribution < 1.29 is 4.74 Å². The van der Waals surface area contributed by atoms with Gasteiger partial charge in [0.05, 0.1) is 12.1 Å². The number of nitrogens with zero attached hydrogens (tertiary/aromatic N) is 2. The monoisotopic (exact) mass is 299 g/mol. The molecule has 1 aromatic carbocycles. The molecule has 0 saturated carbocycles. The molecule has 1 saturated heterocycles. The highest BCUT2D eigenvalue weighted by Gasteiger charge is 2.34. The molecule has 0 bridgehead atoms. The first-order valence-electron chi connectivity index (χ1n) is 8.14. The van der Waals surface area contributed by atoms with E-state index in [0.29, 0.717) is 12.1 Å². The summed E-state index contributed by atoms with van der Waals surface area (Å²) < 4.78 is 5.57. The van der Waals surface area contributed by atoms with Crippen molar-refractivity contribution in [2.24, 2.45) is 0 Å². The van der Waals surface area contributed by atoms with E-state index in [2.05, 4.69) is 46.1 Å². The minimum Gasteiger partial charge on any atom is -0.380 e. The number of ether oxygens (including phenoxy) is 1. The Morgan fingerprint density at radius 1 is 1.27 bits per heavy atom. The molecule has 1 unspecified atom stereocenters. The van der Waals surface area contributed by atoms with E-state index in [4.69, 9.17) is 4.74 Å². The number of hydrogen-bond acceptors (Lipinski definition) is 3. The highest BCUT2D eigenvalue weighted by molar-refractivity contribution is 5.22. The third kappa shape index (κ3) is 3.39. The fourth-order valence-electron chi connectivity index (χ4n) is 3.24. The van der Waals surface area contributed by atoms with Gasteiger partial charge in [-0.1, -0.05) is 31.2 Å². The predicted octanol–water partition coefficient (Wildman–Crippen LogP) is 2.98. The molecule has 0 amide bonds. The molecule has 4 nitrogen and oxygen atoms in total. The first-order valence-corrected chi connectivity index (χ1v) is 8.14. The van der Waals surface area contributed by atoms with Crippen molar-refractivity contribution in [3.8, 4) is 0 Å². The largest absolute Gasteiger partial charge is 0.380 e. The Morgan fingerprint density at radius 2 is 2.05 bits per heavy atom. The number of benzene rings is 1. The second-order valence-corrected chi connectivity index (χ2v) is 6.00. The molecular formula is C18H25N3O. The molecule has 22 heavy (non-hydrogen) atoms. The van der Waals surface area contributed by atoms with Crippen LogP contribution in [0.4, 0.5) is 0 Å². The molecule has 2 aromatic rings. The van der Waals surface area contributed by atoms with Gasteiger partial charge in [-0.25, -0.2) is 4.98 Å². The molecule has 4 heteroatoms. The van der Waals surface area contributed by atoms with Crippen LogP contribution in [0.3, 0.4) is 0 Å². The fraction of sp³-hybridized carbons (Fsp3) is 0.500. The number of imidazole rings is 1. The number of aromatic amines is 1. The molecule has 0 spiro atoms. The number of aryl methyl sites for hydroxylation is 1. The Morgan fingerprint density at radius 3 is 2.68 bits per heavy atom. The van der Waals surface area contributed by atoms with Crippen LogP contribution in [-0.4, -0.2) is 41.2 Å². The van der Waals surface area contributed by atoms with Crippen molar-refractivity contribution in [2.45, 2.75) is 38.3 Å². The summed E-state index contributed by atoms with van der Waals surface area (Å²) in [7, 11) is 1.80. The molecule has 1 aromatic heterocycles. The van der Waals surface area contributed by atoms with Crippen LogP contribution in [0, 0.1) is 0 Å². The zero-order valence-corrected chi connectivity index (χ0v) is 13.5. The number of methoxy groups -OCH3 is 1. The van der Waals surface area contributed by atoms with E-state index in [1.807, 2.05) is 12.4 Å². The normalized spacial score (nSPS) is 22.3. The van der Waals surface area contributed by atoms with Gasteiger partial charge in [0.25, 0.3) is 0 Å². The maximum absolute atomic E-state index is 5.57. The molecule has 2 atom stereocenters. The van der Waals surface area contributed by atoms with Gasteiger partial charge in [0.1, 0.15) is 5.82 Å². The van der Waals surface area contributed by atoms with E-state index in [1.165, 1.54) is 11.1 Å². The quantitative estimate of drug-likeness (QED) is 0.891. The SMILES string of the molecule is CCc1ccc(CCN2C[C@H](OC)CC2c2ncc[nH]2)cc1. The van der Waals surface area contributed by atoms with Crippen molar-refractivity contribution in [3.05, 3.63) is 53.6 Å². The number of H-pyrrole nitrogens is 1. The molecule has 0 radical (unpaired) electrons. The summed E-state index contributed by atoms with van der Waals surface area (Å²) in [5.41, 5.74) is 2.80. The lowest BCUT2D eigenvalue weighted by molar-refractivity contribution is 0.108. The highest BCUT2D eigenvalue weighted by Crippen LogP contribution is 2.31. The minimum atomic E-state index is 0.303. The number of aromatic nitrogens is 2. The van der Waals surface area contributed by atoms with Gasteiger partial charge in [0.15, 0.2) is 0 Å². The summed E-state index contributed by atoms with van der Waals surface area (Å²) in [5, 5.41) is 0. The Kier molecular flexibility index (Phi) is 4.90. The van der Waals surface area contributed by atoms with Crippen molar-refractivity contribution >= 4 is 0 Å². The van der Waals surface area contributed by atoms with E-state index >= 15 is 0 Å². The lowest BCUT2D eigenvalue weighted by Gasteiger charge is -2.22. The van der Waals surface area contributed by atoms with Crippen molar-refractivity contribution in [3.63, 3.8) is 0 Å². The van der Waals surface area contributed by atoms with Crippen molar-refractivity contribution in [2.75, 3.05) is 20.2 Å². The summed E-state index contributed by atoms with van der Waals surface area (Å²) in [6.45, 7) is 4.21. The van der Waals surface area contributed by atoms with Crippen LogP contribution in [0.15, 0.2) is 36.7 Å². The molecule has 118 valence electrons. The van der Waals surface area contributed by atoms with E-state index in [9.17, 15) is 0 Å². The van der Waals surface area contributed by atoms with E-state index in [-0.39, 0.29) is 0 Å². The van der Waals surface area contributed by atoms with Crippen molar-refractivity contribution in [1.29, 1.82) is 0 Å². The van der Waals surface area contributed by atoms with Crippen molar-refractivity contribution in [1.82, 2.24) is 14.9 Å². The van der Waals surface area contributed by atoms with Gasteiger partial charge in [-0.15, -0.1) is 0 Å². The summed E-state index contributed by atoms with van der Waals surface area (Å²) >= 11 is 0. The van der Waals surface area contributed by atoms with Crippen LogP contribution in [0.1, 0.15) is 36.3 Å². The van der Waals surface area contributed by atoms with Gasteiger partial charge < -0.3 is 9.72 Å². The van der Waals surface area contributed by atoms with Crippen LogP contribution in [0.25, 0.3) is 0 Å². The number of hydrogen-bond donors (Lipinski definition) is 1. The fourth-order valence-corrected chi connectivity index (χ4v) is 3.24. The Bertz CT molecular complexity index is 565. The van der Waals surface area contributed by atoms with Crippen LogP contribution in [0.2, 0.25) is 0 Å². The van der Waals surface area contributed by atoms with Crippen LogP contribution < -0.4 is 0 Å². The average Bonchev–Trinajstić information content (AvgIpc) is 3.22. The molecule has 2 heterocycles. The van der Waals surface area contributed by atoms with E-state index in [0.717, 1.165) is 38.2 Å². The number of nitrogens with one attached hydrogen (secondary N) is 1. The predicted molar refractivity (Wildman–Crippen MR) is 87.8 cm³/mol. The summed E-state index contributed by atoms with van der Waals surface area (Å²) in [6, 6.07) is 9.33. The van der Waals surface area contributed by atoms with Gasteiger partial charge in [-0.2, -0.15) is 0 Å². The lowest BCUT2D eigenvalue weighted by atomic mass is 10.1. The van der Waals surface area contributed by atoms with Gasteiger partial charge >= 0.3 is 0 Å². The second-order valence-electron chi connectivity index (χ2n) is 6.00. The molecule has 1 N–H and O–H groups in total. The molecule has 1 aliphatic rings. The molecular weight excluding hydrogens is 274 g/mol. The van der Waals surface area contributed by atoms with Gasteiger partial charge in [-0.3, -0.25) is 4.90 Å². The maximum atomic E-state index is 5.57. The summed E-state index contributed by atoms with van der Waals surface area (Å²) in [5.74, 6) is 1.06. The van der Waals surface area contributed by atoms with Gasteiger partial charge in [0.2, 0.25) is 0 Å². The van der Waals surface area contributed by atoms with Crippen LogP contribution in [-0.2, 0) is 17.6 Å². The van der Waals surface area contributed by atoms with Crippen LogP contribution in [0.5, 0.6) is 0 Å². The molecule has 1 aliphatic heterocycles. The first kappa shape index (κ1) is 15.3. The Hall–Kier alpha value is -1.65. The summed E-state index contributed by atoms with van der Waals surface area (Å²) in [4.78, 5) is 10.2. The summed E-state index contributed by atoms with van der Waals surface area (Å²) in [6.07, 6.45) is 7.21. The molecule has 1 fully saturated rings. The zero-order chi connectivity index (χ0) is 15.4. The number of rotatable bonds is 6. The second kappa shape index (κ2) is 7.07. The standard InChI is InChI=1S/C18H25N3O/c1-3-14-4-6-15(7-5-14)8-11-21-13-16(22-2)12-17(21)18-19-9-10-20-18/h4-7,9-10,16-17H,3,8,11-13H2,1-2H3,(H,19,20)/t16-,17?/m1/s1. The third-order valence-electron chi connectivity index (χ3n) is 4.65. The lowest BCUT2D eigenvalue weighted by Crippen LogP contribution is -2.28. The topological polar surface area (TPSA) is 41.1 Å². The third-order valence-corrected chi connectivity index (χ3v) is 4.65. The Balaban J connectivity index is 1.64. The smallest absolute Gasteiger partial charge is 0.123 e. The van der Waals surface area contributed by atoms with Gasteiger partial charge in [-0.05, 0) is 30.4 Å². The Labute approximate surface area is 132 Å². The molecule has 3 rings (SSSR count). The molecule has 0 aliphatic carbocycles. The number of likely N-dealkylation sites (tertiary alicyclic amines) is 1. The maximum Gasteiger partial charge on any atom is 0.123 e. The van der Waals surface area contributed by atoms with E-state index in [1.54, 1.807) is 7.11 Å². The highest BCUT2D eigenvalue weighted by atomic mass is 16.5. The minimum absolute atomic E-state index is 0.303.